The Bertz CT molecular complexity index is 261. The SMILES string of the molecule is C#CCCC(=O)C1CN2CCN1CC2. The number of rotatable bonds is 3. The fourth-order valence-corrected chi connectivity index (χ4v) is 2.29. The Labute approximate surface area is 85.1 Å². The number of carbonyl (C=O) groups is 1. The molecule has 0 saturated carbocycles. The van der Waals surface area contributed by atoms with Crippen molar-refractivity contribution >= 4 is 5.78 Å². The molecular formula is C11H16N2O. The highest BCUT2D eigenvalue weighted by atomic mass is 16.1. The summed E-state index contributed by atoms with van der Waals surface area (Å²) in [6.07, 6.45) is 6.29. The van der Waals surface area contributed by atoms with Gasteiger partial charge in [0.25, 0.3) is 0 Å². The summed E-state index contributed by atoms with van der Waals surface area (Å²) in [4.78, 5) is 16.5. The van der Waals surface area contributed by atoms with Gasteiger partial charge in [-0.2, -0.15) is 0 Å². The first-order chi connectivity index (χ1) is 6.81. The molecule has 3 heterocycles. The van der Waals surface area contributed by atoms with E-state index < -0.39 is 0 Å². The molecule has 3 heteroatoms. The molecule has 3 aliphatic rings. The molecule has 0 spiro atoms. The Hall–Kier alpha value is -0.850. The lowest BCUT2D eigenvalue weighted by molar-refractivity contribution is -0.129. The van der Waals surface area contributed by atoms with Crippen LogP contribution < -0.4 is 0 Å². The number of hydrogen-bond donors (Lipinski definition) is 0. The van der Waals surface area contributed by atoms with Crippen molar-refractivity contribution in [2.24, 2.45) is 0 Å². The number of carbonyl (C=O) groups excluding carboxylic acids is 1. The third-order valence-electron chi connectivity index (χ3n) is 3.17. The second-order valence-corrected chi connectivity index (χ2v) is 4.02. The van der Waals surface area contributed by atoms with Gasteiger partial charge in [0.2, 0.25) is 0 Å². The molecule has 2 bridgehead atoms. The van der Waals surface area contributed by atoms with Crippen LogP contribution in [0.4, 0.5) is 0 Å². The van der Waals surface area contributed by atoms with Crippen molar-refractivity contribution in [1.82, 2.24) is 9.80 Å². The van der Waals surface area contributed by atoms with Crippen LogP contribution in [0.15, 0.2) is 0 Å². The quantitative estimate of drug-likeness (QED) is 0.587. The Kier molecular flexibility index (Phi) is 2.85. The van der Waals surface area contributed by atoms with E-state index in [1.54, 1.807) is 0 Å². The van der Waals surface area contributed by atoms with Crippen molar-refractivity contribution in [3.63, 3.8) is 0 Å². The second kappa shape index (κ2) is 4.12. The topological polar surface area (TPSA) is 23.6 Å². The first-order valence-electron chi connectivity index (χ1n) is 5.24. The van der Waals surface area contributed by atoms with Crippen LogP contribution in [-0.2, 0) is 4.79 Å². The Morgan fingerprint density at radius 3 is 2.57 bits per heavy atom. The van der Waals surface area contributed by atoms with E-state index in [9.17, 15) is 4.79 Å². The smallest absolute Gasteiger partial charge is 0.152 e. The van der Waals surface area contributed by atoms with Crippen molar-refractivity contribution in [2.75, 3.05) is 32.7 Å². The van der Waals surface area contributed by atoms with E-state index in [0.29, 0.717) is 18.6 Å². The van der Waals surface area contributed by atoms with Gasteiger partial charge in [-0.3, -0.25) is 14.6 Å². The molecule has 1 atom stereocenters. The van der Waals surface area contributed by atoms with E-state index in [1.807, 2.05) is 0 Å². The molecule has 0 radical (unpaired) electrons. The molecule has 3 rings (SSSR count). The number of Topliss-reactive ketones (excluding diaryl/α,β-unsaturated/α-hetero) is 1. The van der Waals surface area contributed by atoms with Gasteiger partial charge >= 0.3 is 0 Å². The van der Waals surface area contributed by atoms with E-state index in [1.165, 1.54) is 0 Å². The maximum Gasteiger partial charge on any atom is 0.152 e. The molecule has 3 aliphatic heterocycles. The summed E-state index contributed by atoms with van der Waals surface area (Å²) in [6, 6.07) is 0.130. The monoisotopic (exact) mass is 192 g/mol. The third kappa shape index (κ3) is 1.82. The van der Waals surface area contributed by atoms with E-state index in [0.717, 1.165) is 32.7 Å². The Morgan fingerprint density at radius 1 is 1.36 bits per heavy atom. The highest BCUT2D eigenvalue weighted by Crippen LogP contribution is 2.17. The first-order valence-corrected chi connectivity index (χ1v) is 5.24. The minimum atomic E-state index is 0.130. The number of ketones is 1. The standard InChI is InChI=1S/C11H16N2O/c1-2-3-4-11(14)10-9-12-5-7-13(10)8-6-12/h1,10H,3-9H2. The van der Waals surface area contributed by atoms with Gasteiger partial charge in [0, 0.05) is 45.6 Å². The van der Waals surface area contributed by atoms with Crippen LogP contribution in [0.5, 0.6) is 0 Å². The molecule has 0 aliphatic carbocycles. The van der Waals surface area contributed by atoms with E-state index in [2.05, 4.69) is 15.7 Å². The number of fused-ring (bicyclic) bond motifs is 3. The average Bonchev–Trinajstić information content (AvgIpc) is 2.27. The highest BCUT2D eigenvalue weighted by molar-refractivity contribution is 5.84. The van der Waals surface area contributed by atoms with Crippen molar-refractivity contribution in [3.05, 3.63) is 0 Å². The predicted octanol–water partition coefficient (Wildman–Crippen LogP) is -0.0313. The number of nitrogens with zero attached hydrogens (tertiary/aromatic N) is 2. The van der Waals surface area contributed by atoms with Gasteiger partial charge in [0.05, 0.1) is 6.04 Å². The molecule has 0 aromatic carbocycles. The van der Waals surface area contributed by atoms with Crippen LogP contribution in [0.1, 0.15) is 12.8 Å². The summed E-state index contributed by atoms with van der Waals surface area (Å²) >= 11 is 0. The summed E-state index contributed by atoms with van der Waals surface area (Å²) in [5.41, 5.74) is 0. The molecule has 0 N–H and O–H groups in total. The van der Waals surface area contributed by atoms with E-state index in [4.69, 9.17) is 6.42 Å². The molecule has 0 aromatic heterocycles. The lowest BCUT2D eigenvalue weighted by Gasteiger charge is -2.46. The van der Waals surface area contributed by atoms with Gasteiger partial charge in [-0.05, 0) is 0 Å². The summed E-state index contributed by atoms with van der Waals surface area (Å²) in [5, 5.41) is 0. The summed E-state index contributed by atoms with van der Waals surface area (Å²) in [5.74, 6) is 2.86. The van der Waals surface area contributed by atoms with Crippen LogP contribution in [0, 0.1) is 12.3 Å². The van der Waals surface area contributed by atoms with Gasteiger partial charge in [0.15, 0.2) is 5.78 Å². The zero-order chi connectivity index (χ0) is 9.97. The van der Waals surface area contributed by atoms with Crippen LogP contribution in [0.2, 0.25) is 0 Å². The molecular weight excluding hydrogens is 176 g/mol. The minimum Gasteiger partial charge on any atom is -0.299 e. The Balaban J connectivity index is 1.92. The van der Waals surface area contributed by atoms with Crippen LogP contribution >= 0.6 is 0 Å². The number of piperazine rings is 3. The van der Waals surface area contributed by atoms with Crippen molar-refractivity contribution in [2.45, 2.75) is 18.9 Å². The van der Waals surface area contributed by atoms with Gasteiger partial charge in [-0.25, -0.2) is 0 Å². The van der Waals surface area contributed by atoms with E-state index >= 15 is 0 Å². The molecule has 76 valence electrons. The summed E-state index contributed by atoms with van der Waals surface area (Å²) < 4.78 is 0. The van der Waals surface area contributed by atoms with Crippen molar-refractivity contribution in [3.8, 4) is 12.3 Å². The lowest BCUT2D eigenvalue weighted by Crippen LogP contribution is -2.63. The van der Waals surface area contributed by atoms with Gasteiger partial charge in [-0.15, -0.1) is 12.3 Å². The fourth-order valence-electron chi connectivity index (χ4n) is 2.29. The predicted molar refractivity (Wildman–Crippen MR) is 54.9 cm³/mol. The largest absolute Gasteiger partial charge is 0.299 e. The lowest BCUT2D eigenvalue weighted by atomic mass is 10.0. The molecule has 0 aromatic rings. The maximum atomic E-state index is 11.8. The van der Waals surface area contributed by atoms with Gasteiger partial charge in [-0.1, -0.05) is 0 Å². The molecule has 3 nitrogen and oxygen atoms in total. The molecule has 3 fully saturated rings. The van der Waals surface area contributed by atoms with Crippen LogP contribution in [0.25, 0.3) is 0 Å². The Morgan fingerprint density at radius 2 is 2.07 bits per heavy atom. The van der Waals surface area contributed by atoms with Gasteiger partial charge in [0.1, 0.15) is 0 Å². The first kappa shape index (κ1) is 9.70. The van der Waals surface area contributed by atoms with Crippen LogP contribution in [-0.4, -0.2) is 54.3 Å². The third-order valence-corrected chi connectivity index (χ3v) is 3.17. The summed E-state index contributed by atoms with van der Waals surface area (Å²) in [7, 11) is 0. The number of terminal acetylenes is 1. The van der Waals surface area contributed by atoms with Crippen molar-refractivity contribution < 1.29 is 4.79 Å². The number of hydrogen-bond acceptors (Lipinski definition) is 3. The minimum absolute atomic E-state index is 0.130. The fraction of sp³-hybridized carbons (Fsp3) is 0.727. The second-order valence-electron chi connectivity index (χ2n) is 4.02. The molecule has 0 amide bonds. The van der Waals surface area contributed by atoms with Crippen molar-refractivity contribution in [1.29, 1.82) is 0 Å². The molecule has 14 heavy (non-hydrogen) atoms. The highest BCUT2D eigenvalue weighted by Gasteiger charge is 2.35. The van der Waals surface area contributed by atoms with Crippen LogP contribution in [0.3, 0.4) is 0 Å². The van der Waals surface area contributed by atoms with Gasteiger partial charge < -0.3 is 0 Å². The molecule has 3 saturated heterocycles. The average molecular weight is 192 g/mol. The zero-order valence-corrected chi connectivity index (χ0v) is 8.41. The summed E-state index contributed by atoms with van der Waals surface area (Å²) in [6.45, 7) is 5.26. The normalized spacial score (nSPS) is 35.2. The van der Waals surface area contributed by atoms with E-state index in [-0.39, 0.29) is 6.04 Å². The molecule has 1 unspecified atom stereocenters. The zero-order valence-electron chi connectivity index (χ0n) is 8.41. The maximum absolute atomic E-state index is 11.8.